The lowest BCUT2D eigenvalue weighted by Gasteiger charge is -2.14. The van der Waals surface area contributed by atoms with Crippen LogP contribution in [0.1, 0.15) is 188 Å². The van der Waals surface area contributed by atoms with Crippen LogP contribution < -0.4 is 0 Å². The second-order valence-electron chi connectivity index (χ2n) is 15.6. The fourth-order valence-electron chi connectivity index (χ4n) is 6.23. The van der Waals surface area contributed by atoms with Crippen molar-refractivity contribution in [3.8, 4) is 0 Å². The summed E-state index contributed by atoms with van der Waals surface area (Å²) in [5, 5.41) is 40.1. The monoisotopic (exact) mass is 789 g/mol. The van der Waals surface area contributed by atoms with Gasteiger partial charge in [-0.25, -0.2) is 0 Å². The summed E-state index contributed by atoms with van der Waals surface area (Å²) >= 11 is 0. The highest BCUT2D eigenvalue weighted by Crippen LogP contribution is 2.17. The molecule has 0 rings (SSSR count). The predicted molar refractivity (Wildman–Crippen MR) is 232 cm³/mol. The first-order chi connectivity index (χ1) is 27.2. The van der Waals surface area contributed by atoms with Crippen molar-refractivity contribution in [2.45, 2.75) is 212 Å². The molecule has 5 atom stereocenters. The van der Waals surface area contributed by atoms with E-state index in [1.54, 1.807) is 42.5 Å². The normalized spacial score (nSPS) is 15.1. The van der Waals surface area contributed by atoms with E-state index in [0.717, 1.165) is 31.6 Å². The smallest absolute Gasteiger partial charge is 0.305 e. The van der Waals surface area contributed by atoms with Crippen molar-refractivity contribution in [1.29, 1.82) is 0 Å². The minimum atomic E-state index is -1.09. The first-order valence-electron chi connectivity index (χ1n) is 22.6. The standard InChI is InChI=1S/C48H84O8/c1-4-6-27-34-43(49)35-29-24-21-22-25-30-36-45(51)46(52)37-32-39-48(54)56-41-44(50)40-55-47(53)38-31-26-20-18-16-14-12-10-8-7-9-11-13-15-17-19-23-28-33-42(3)5-2/h6,21-22,24-25,27,29-30,35-36,42-46,49-52H,4-5,7-20,23,26,28,31-34,37-41H2,1-3H3/b24-21+,25-22-,27-6-,35-29+,36-30-/t42?,43-,44+,45+,46+/m1/s1. The topological polar surface area (TPSA) is 134 Å². The van der Waals surface area contributed by atoms with Crippen molar-refractivity contribution in [2.75, 3.05) is 13.2 Å². The third-order valence-electron chi connectivity index (χ3n) is 10.2. The van der Waals surface area contributed by atoms with Crippen LogP contribution in [0.25, 0.3) is 0 Å². The van der Waals surface area contributed by atoms with Crippen LogP contribution in [-0.4, -0.2) is 70.0 Å². The lowest BCUT2D eigenvalue weighted by molar-refractivity contribution is -0.152. The number of aliphatic hydroxyl groups excluding tert-OH is 4. The van der Waals surface area contributed by atoms with Crippen molar-refractivity contribution in [3.05, 3.63) is 60.8 Å². The Balaban J connectivity index is 3.67. The Morgan fingerprint density at radius 2 is 0.946 bits per heavy atom. The van der Waals surface area contributed by atoms with Crippen molar-refractivity contribution >= 4 is 11.9 Å². The van der Waals surface area contributed by atoms with Gasteiger partial charge in [0.05, 0.1) is 18.3 Å². The van der Waals surface area contributed by atoms with E-state index >= 15 is 0 Å². The summed E-state index contributed by atoms with van der Waals surface area (Å²) in [6, 6.07) is 0. The summed E-state index contributed by atoms with van der Waals surface area (Å²) in [7, 11) is 0. The zero-order chi connectivity index (χ0) is 41.3. The van der Waals surface area contributed by atoms with Crippen LogP contribution in [0.15, 0.2) is 60.8 Å². The van der Waals surface area contributed by atoms with Crippen LogP contribution in [-0.2, 0) is 19.1 Å². The molecule has 0 aliphatic carbocycles. The van der Waals surface area contributed by atoms with E-state index in [-0.39, 0.29) is 32.0 Å². The third kappa shape index (κ3) is 38.4. The van der Waals surface area contributed by atoms with E-state index in [2.05, 4.69) is 13.8 Å². The van der Waals surface area contributed by atoms with Gasteiger partial charge in [0.25, 0.3) is 0 Å². The second kappa shape index (κ2) is 40.7. The fourth-order valence-corrected chi connectivity index (χ4v) is 6.23. The number of esters is 2. The lowest BCUT2D eigenvalue weighted by atomic mass is 9.99. The highest BCUT2D eigenvalue weighted by molar-refractivity contribution is 5.69. The van der Waals surface area contributed by atoms with Crippen LogP contribution in [0.3, 0.4) is 0 Å². The number of unbranched alkanes of at least 4 members (excludes halogenated alkanes) is 17. The van der Waals surface area contributed by atoms with Crippen molar-refractivity contribution in [2.24, 2.45) is 5.92 Å². The molecule has 56 heavy (non-hydrogen) atoms. The number of allylic oxidation sites excluding steroid dienone is 7. The van der Waals surface area contributed by atoms with E-state index in [9.17, 15) is 30.0 Å². The van der Waals surface area contributed by atoms with Gasteiger partial charge in [0, 0.05) is 12.8 Å². The Labute approximate surface area is 342 Å². The van der Waals surface area contributed by atoms with Gasteiger partial charge in [-0.15, -0.1) is 0 Å². The Kier molecular flexibility index (Phi) is 38.8. The molecule has 0 saturated carbocycles. The molecule has 4 N–H and O–H groups in total. The Hall–Kier alpha value is -2.52. The van der Waals surface area contributed by atoms with E-state index in [0.29, 0.717) is 19.3 Å². The molecule has 0 fully saturated rings. The number of hydrogen-bond donors (Lipinski definition) is 4. The minimum Gasteiger partial charge on any atom is -0.463 e. The minimum absolute atomic E-state index is 0.0287. The molecule has 0 bridgehead atoms. The average molecular weight is 789 g/mol. The number of rotatable bonds is 39. The molecule has 0 radical (unpaired) electrons. The van der Waals surface area contributed by atoms with E-state index < -0.39 is 30.4 Å². The number of hydrogen-bond acceptors (Lipinski definition) is 8. The predicted octanol–water partition coefficient (Wildman–Crippen LogP) is 11.1. The Bertz CT molecular complexity index is 1050. The molecule has 0 aromatic rings. The van der Waals surface area contributed by atoms with Crippen LogP contribution in [0.2, 0.25) is 0 Å². The Morgan fingerprint density at radius 3 is 1.43 bits per heavy atom. The number of ether oxygens (including phenoxy) is 2. The fraction of sp³-hybridized carbons (Fsp3) is 0.750. The van der Waals surface area contributed by atoms with Gasteiger partial charge in [0.2, 0.25) is 0 Å². The molecule has 0 spiro atoms. The average Bonchev–Trinajstić information content (AvgIpc) is 3.19. The number of carbonyl (C=O) groups is 2. The van der Waals surface area contributed by atoms with Crippen LogP contribution in [0.5, 0.6) is 0 Å². The molecule has 8 heteroatoms. The first kappa shape index (κ1) is 53.5. The van der Waals surface area contributed by atoms with Crippen LogP contribution >= 0.6 is 0 Å². The van der Waals surface area contributed by atoms with Gasteiger partial charge < -0.3 is 29.9 Å². The molecule has 8 nitrogen and oxygen atoms in total. The molecule has 0 saturated heterocycles. The highest BCUT2D eigenvalue weighted by atomic mass is 16.6. The van der Waals surface area contributed by atoms with E-state index in [1.165, 1.54) is 115 Å². The maximum Gasteiger partial charge on any atom is 0.305 e. The lowest BCUT2D eigenvalue weighted by Crippen LogP contribution is -2.26. The second-order valence-corrected chi connectivity index (χ2v) is 15.6. The highest BCUT2D eigenvalue weighted by Gasteiger charge is 2.15. The van der Waals surface area contributed by atoms with Gasteiger partial charge in [-0.2, -0.15) is 0 Å². The van der Waals surface area contributed by atoms with Gasteiger partial charge in [-0.1, -0.05) is 204 Å². The molecule has 0 aromatic heterocycles. The summed E-state index contributed by atoms with van der Waals surface area (Å²) in [5.41, 5.74) is 0. The zero-order valence-electron chi connectivity index (χ0n) is 35.9. The van der Waals surface area contributed by atoms with Gasteiger partial charge in [-0.05, 0) is 38.0 Å². The summed E-state index contributed by atoms with van der Waals surface area (Å²) in [4.78, 5) is 24.1. The van der Waals surface area contributed by atoms with Gasteiger partial charge >= 0.3 is 11.9 Å². The maximum absolute atomic E-state index is 12.0. The summed E-state index contributed by atoms with van der Waals surface area (Å²) in [5.74, 6) is 0.0189. The Morgan fingerprint density at radius 1 is 0.518 bits per heavy atom. The van der Waals surface area contributed by atoms with Crippen molar-refractivity contribution in [1.82, 2.24) is 0 Å². The number of carbonyl (C=O) groups excluding carboxylic acids is 2. The molecule has 0 heterocycles. The summed E-state index contributed by atoms with van der Waals surface area (Å²) < 4.78 is 10.2. The third-order valence-corrected chi connectivity index (χ3v) is 10.2. The van der Waals surface area contributed by atoms with Crippen molar-refractivity contribution in [3.63, 3.8) is 0 Å². The summed E-state index contributed by atoms with van der Waals surface area (Å²) in [6.07, 6.45) is 42.3. The molecular weight excluding hydrogens is 705 g/mol. The molecule has 0 aromatic carbocycles. The molecule has 0 aliphatic rings. The van der Waals surface area contributed by atoms with Crippen LogP contribution in [0.4, 0.5) is 0 Å². The zero-order valence-corrected chi connectivity index (χ0v) is 35.9. The van der Waals surface area contributed by atoms with Gasteiger partial charge in [0.15, 0.2) is 0 Å². The molecule has 0 aliphatic heterocycles. The van der Waals surface area contributed by atoms with E-state index in [1.807, 2.05) is 19.1 Å². The van der Waals surface area contributed by atoms with Crippen LogP contribution in [0, 0.1) is 5.92 Å². The van der Waals surface area contributed by atoms with Crippen molar-refractivity contribution < 1.29 is 39.5 Å². The SMILES string of the molecule is CC/C=C\C[C@@H](O)/C=C/C=C/C=C\C=C/[C@H](O)[C@@H](O)CCCC(=O)OC[C@@H](O)COC(=O)CCCCCCCCCCCCCCCCCCCCC(C)CC. The maximum atomic E-state index is 12.0. The van der Waals surface area contributed by atoms with E-state index in [4.69, 9.17) is 9.47 Å². The molecule has 0 amide bonds. The quantitative estimate of drug-likeness (QED) is 0.0209. The molecule has 324 valence electrons. The number of aliphatic hydroxyl groups is 4. The largest absolute Gasteiger partial charge is 0.463 e. The first-order valence-corrected chi connectivity index (χ1v) is 22.6. The summed E-state index contributed by atoms with van der Waals surface area (Å²) in [6.45, 7) is 6.22. The molecular formula is C48H84O8. The molecule has 1 unspecified atom stereocenters. The van der Waals surface area contributed by atoms with Gasteiger partial charge in [-0.3, -0.25) is 9.59 Å². The van der Waals surface area contributed by atoms with Gasteiger partial charge in [0.1, 0.15) is 19.3 Å².